The standard InChI is InChI=1S/C19H19N3O3/c1-12-3-5-14-15(9-12)21-22-19(14)20-18(23)11-13-4-6-16-17(10-13)25-8-2-7-24-16/h3-6,9-10H,2,7-8,11H2,1H3,(H2,20,21,22,23). The first-order chi connectivity index (χ1) is 12.2. The maximum atomic E-state index is 12.4. The van der Waals surface area contributed by atoms with Crippen LogP contribution in [0.25, 0.3) is 10.9 Å². The molecule has 0 saturated heterocycles. The monoisotopic (exact) mass is 337 g/mol. The molecule has 1 aliphatic heterocycles. The number of aromatic nitrogens is 2. The second-order valence-electron chi connectivity index (χ2n) is 6.18. The van der Waals surface area contributed by atoms with E-state index in [4.69, 9.17) is 9.47 Å². The maximum Gasteiger partial charge on any atom is 0.230 e. The molecular formula is C19H19N3O3. The SMILES string of the molecule is Cc1ccc2c(NC(=O)Cc3ccc4c(c3)OCCCO4)n[nH]c2c1. The van der Waals surface area contributed by atoms with Crippen LogP contribution in [0.2, 0.25) is 0 Å². The highest BCUT2D eigenvalue weighted by atomic mass is 16.5. The number of hydrogen-bond donors (Lipinski definition) is 2. The third-order valence-electron chi connectivity index (χ3n) is 4.15. The lowest BCUT2D eigenvalue weighted by molar-refractivity contribution is -0.115. The van der Waals surface area contributed by atoms with Crippen LogP contribution < -0.4 is 14.8 Å². The Morgan fingerprint density at radius 3 is 2.88 bits per heavy atom. The Labute approximate surface area is 145 Å². The summed E-state index contributed by atoms with van der Waals surface area (Å²) in [4.78, 5) is 12.4. The average Bonchev–Trinajstić information content (AvgIpc) is 2.83. The molecule has 2 aromatic carbocycles. The predicted molar refractivity (Wildman–Crippen MR) is 95.2 cm³/mol. The minimum atomic E-state index is -0.122. The molecule has 0 fully saturated rings. The van der Waals surface area contributed by atoms with E-state index in [1.807, 2.05) is 43.3 Å². The van der Waals surface area contributed by atoms with E-state index in [2.05, 4.69) is 15.5 Å². The summed E-state index contributed by atoms with van der Waals surface area (Å²) in [6.07, 6.45) is 1.10. The smallest absolute Gasteiger partial charge is 0.230 e. The molecular weight excluding hydrogens is 318 g/mol. The van der Waals surface area contributed by atoms with Gasteiger partial charge in [-0.25, -0.2) is 0 Å². The minimum Gasteiger partial charge on any atom is -0.490 e. The summed E-state index contributed by atoms with van der Waals surface area (Å²) >= 11 is 0. The highest BCUT2D eigenvalue weighted by molar-refractivity contribution is 6.00. The van der Waals surface area contributed by atoms with E-state index in [0.717, 1.165) is 34.2 Å². The first-order valence-corrected chi connectivity index (χ1v) is 8.32. The molecule has 0 bridgehead atoms. The number of carbonyl (C=O) groups is 1. The van der Waals surface area contributed by atoms with Crippen LogP contribution in [0.1, 0.15) is 17.5 Å². The number of aromatic amines is 1. The number of H-pyrrole nitrogens is 1. The van der Waals surface area contributed by atoms with Crippen molar-refractivity contribution in [1.29, 1.82) is 0 Å². The summed E-state index contributed by atoms with van der Waals surface area (Å²) in [6.45, 7) is 3.29. The van der Waals surface area contributed by atoms with Crippen molar-refractivity contribution >= 4 is 22.6 Å². The molecule has 0 saturated carbocycles. The Kier molecular flexibility index (Phi) is 4.01. The Hall–Kier alpha value is -3.02. The Morgan fingerprint density at radius 1 is 1.16 bits per heavy atom. The molecule has 1 aromatic heterocycles. The Bertz CT molecular complexity index is 933. The van der Waals surface area contributed by atoms with Crippen LogP contribution in [-0.2, 0) is 11.2 Å². The van der Waals surface area contributed by atoms with Crippen LogP contribution in [0.15, 0.2) is 36.4 Å². The summed E-state index contributed by atoms with van der Waals surface area (Å²) in [5, 5.41) is 10.9. The van der Waals surface area contributed by atoms with Gasteiger partial charge in [0.15, 0.2) is 17.3 Å². The topological polar surface area (TPSA) is 76.2 Å². The normalized spacial score (nSPS) is 13.5. The van der Waals surface area contributed by atoms with Gasteiger partial charge in [0.05, 0.1) is 25.2 Å². The second-order valence-corrected chi connectivity index (χ2v) is 6.18. The van der Waals surface area contributed by atoms with E-state index in [1.54, 1.807) is 0 Å². The van der Waals surface area contributed by atoms with Gasteiger partial charge in [0.2, 0.25) is 5.91 Å². The van der Waals surface area contributed by atoms with E-state index >= 15 is 0 Å². The van der Waals surface area contributed by atoms with Crippen molar-refractivity contribution in [1.82, 2.24) is 10.2 Å². The van der Waals surface area contributed by atoms with Gasteiger partial charge in [0, 0.05) is 11.8 Å². The van der Waals surface area contributed by atoms with E-state index in [-0.39, 0.29) is 12.3 Å². The number of ether oxygens (including phenoxy) is 2. The van der Waals surface area contributed by atoms with Gasteiger partial charge in [-0.2, -0.15) is 5.10 Å². The summed E-state index contributed by atoms with van der Waals surface area (Å²) in [5.41, 5.74) is 2.92. The van der Waals surface area contributed by atoms with Crippen molar-refractivity contribution in [3.05, 3.63) is 47.5 Å². The van der Waals surface area contributed by atoms with Crippen LogP contribution in [0.3, 0.4) is 0 Å². The van der Waals surface area contributed by atoms with Crippen molar-refractivity contribution in [2.75, 3.05) is 18.5 Å². The molecule has 0 unspecified atom stereocenters. The predicted octanol–water partition coefficient (Wildman–Crippen LogP) is 3.21. The molecule has 6 nitrogen and oxygen atoms in total. The molecule has 1 amide bonds. The third kappa shape index (κ3) is 3.28. The van der Waals surface area contributed by atoms with Gasteiger partial charge in [-0.05, 0) is 42.3 Å². The highest BCUT2D eigenvalue weighted by Crippen LogP contribution is 2.30. The number of fused-ring (bicyclic) bond motifs is 2. The molecule has 2 N–H and O–H groups in total. The second kappa shape index (κ2) is 6.47. The molecule has 2 heterocycles. The summed E-state index contributed by atoms with van der Waals surface area (Å²) in [5.74, 6) is 1.86. The van der Waals surface area contributed by atoms with E-state index < -0.39 is 0 Å². The van der Waals surface area contributed by atoms with Gasteiger partial charge in [-0.3, -0.25) is 9.89 Å². The Balaban J connectivity index is 1.49. The molecule has 6 heteroatoms. The number of aryl methyl sites for hydroxylation is 1. The number of benzene rings is 2. The fraction of sp³-hybridized carbons (Fsp3) is 0.263. The molecule has 0 atom stereocenters. The van der Waals surface area contributed by atoms with Crippen LogP contribution >= 0.6 is 0 Å². The van der Waals surface area contributed by atoms with Crippen LogP contribution in [-0.4, -0.2) is 29.3 Å². The maximum absolute atomic E-state index is 12.4. The summed E-state index contributed by atoms with van der Waals surface area (Å²) in [7, 11) is 0. The van der Waals surface area contributed by atoms with Gasteiger partial charge >= 0.3 is 0 Å². The third-order valence-corrected chi connectivity index (χ3v) is 4.15. The number of nitrogens with zero attached hydrogens (tertiary/aromatic N) is 1. The number of carbonyl (C=O) groups excluding carboxylic acids is 1. The van der Waals surface area contributed by atoms with Crippen LogP contribution in [0, 0.1) is 6.92 Å². The first kappa shape index (κ1) is 15.5. The van der Waals surface area contributed by atoms with Gasteiger partial charge in [-0.15, -0.1) is 0 Å². The van der Waals surface area contributed by atoms with Gasteiger partial charge < -0.3 is 14.8 Å². The molecule has 0 aliphatic carbocycles. The van der Waals surface area contributed by atoms with Crippen molar-refractivity contribution in [3.63, 3.8) is 0 Å². The summed E-state index contributed by atoms with van der Waals surface area (Å²) in [6, 6.07) is 11.6. The fourth-order valence-corrected chi connectivity index (χ4v) is 2.91. The fourth-order valence-electron chi connectivity index (χ4n) is 2.91. The number of amides is 1. The number of anilines is 1. The first-order valence-electron chi connectivity index (χ1n) is 8.32. The van der Waals surface area contributed by atoms with Gasteiger partial charge in [0.25, 0.3) is 0 Å². The van der Waals surface area contributed by atoms with Crippen molar-refractivity contribution in [2.45, 2.75) is 19.8 Å². The van der Waals surface area contributed by atoms with Crippen LogP contribution in [0.5, 0.6) is 11.5 Å². The number of rotatable bonds is 3. The molecule has 4 rings (SSSR count). The highest BCUT2D eigenvalue weighted by Gasteiger charge is 2.14. The molecule has 1 aliphatic rings. The van der Waals surface area contributed by atoms with Crippen molar-refractivity contribution in [3.8, 4) is 11.5 Å². The number of nitrogens with one attached hydrogen (secondary N) is 2. The zero-order valence-corrected chi connectivity index (χ0v) is 14.0. The molecule has 25 heavy (non-hydrogen) atoms. The zero-order chi connectivity index (χ0) is 17.2. The molecule has 0 spiro atoms. The zero-order valence-electron chi connectivity index (χ0n) is 14.0. The van der Waals surface area contributed by atoms with Gasteiger partial charge in [-0.1, -0.05) is 12.1 Å². The van der Waals surface area contributed by atoms with Crippen LogP contribution in [0.4, 0.5) is 5.82 Å². The van der Waals surface area contributed by atoms with E-state index in [1.165, 1.54) is 0 Å². The lowest BCUT2D eigenvalue weighted by atomic mass is 10.1. The Morgan fingerprint density at radius 2 is 2.00 bits per heavy atom. The number of hydrogen-bond acceptors (Lipinski definition) is 4. The van der Waals surface area contributed by atoms with Crippen molar-refractivity contribution in [2.24, 2.45) is 0 Å². The van der Waals surface area contributed by atoms with E-state index in [0.29, 0.717) is 24.8 Å². The summed E-state index contributed by atoms with van der Waals surface area (Å²) < 4.78 is 11.3. The average molecular weight is 337 g/mol. The minimum absolute atomic E-state index is 0.122. The van der Waals surface area contributed by atoms with E-state index in [9.17, 15) is 4.79 Å². The van der Waals surface area contributed by atoms with Crippen molar-refractivity contribution < 1.29 is 14.3 Å². The quantitative estimate of drug-likeness (QED) is 0.769. The molecule has 128 valence electrons. The lowest BCUT2D eigenvalue weighted by Crippen LogP contribution is -2.15. The molecule has 0 radical (unpaired) electrons. The van der Waals surface area contributed by atoms with Gasteiger partial charge in [0.1, 0.15) is 0 Å². The lowest BCUT2D eigenvalue weighted by Gasteiger charge is -2.09. The molecule has 3 aromatic rings. The largest absolute Gasteiger partial charge is 0.490 e.